The van der Waals surface area contributed by atoms with Crippen LogP contribution < -0.4 is 15.4 Å². The summed E-state index contributed by atoms with van der Waals surface area (Å²) < 4.78 is 5.76. The zero-order chi connectivity index (χ0) is 16.1. The molecule has 1 aliphatic carbocycles. The SMILES string of the molecule is O=C(NCC(O)c1ccsc1)Nc1ccccc1OCC1CC1. The third-order valence-electron chi connectivity index (χ3n) is 3.69. The van der Waals surface area contributed by atoms with Crippen LogP contribution in [0.4, 0.5) is 10.5 Å². The fraction of sp³-hybridized carbons (Fsp3) is 0.353. The zero-order valence-corrected chi connectivity index (χ0v) is 13.5. The fourth-order valence-corrected chi connectivity index (χ4v) is 2.83. The Kier molecular flexibility index (Phi) is 5.15. The molecule has 1 aliphatic rings. The van der Waals surface area contributed by atoms with Crippen LogP contribution in [0.15, 0.2) is 41.1 Å². The first-order valence-corrected chi connectivity index (χ1v) is 8.63. The summed E-state index contributed by atoms with van der Waals surface area (Å²) >= 11 is 1.51. The summed E-state index contributed by atoms with van der Waals surface area (Å²) in [5.41, 5.74) is 1.44. The second-order valence-electron chi connectivity index (χ2n) is 5.66. The Morgan fingerprint density at radius 1 is 1.35 bits per heavy atom. The van der Waals surface area contributed by atoms with Gasteiger partial charge in [0.15, 0.2) is 0 Å². The van der Waals surface area contributed by atoms with E-state index in [0.29, 0.717) is 24.0 Å². The average Bonchev–Trinajstić information content (AvgIpc) is 3.22. The number of thiophene rings is 1. The van der Waals surface area contributed by atoms with Gasteiger partial charge >= 0.3 is 6.03 Å². The van der Waals surface area contributed by atoms with Crippen molar-refractivity contribution in [3.05, 3.63) is 46.7 Å². The summed E-state index contributed by atoms with van der Waals surface area (Å²) in [4.78, 5) is 12.0. The Bertz CT molecular complexity index is 641. The smallest absolute Gasteiger partial charge is 0.319 e. The second kappa shape index (κ2) is 7.48. The van der Waals surface area contributed by atoms with E-state index in [9.17, 15) is 9.90 Å². The molecule has 0 spiro atoms. The number of hydrogen-bond acceptors (Lipinski definition) is 4. The van der Waals surface area contributed by atoms with Gasteiger partial charge in [-0.15, -0.1) is 0 Å². The first kappa shape index (κ1) is 15.8. The maximum absolute atomic E-state index is 12.0. The number of nitrogens with one attached hydrogen (secondary N) is 2. The van der Waals surface area contributed by atoms with Gasteiger partial charge < -0.3 is 20.5 Å². The summed E-state index contributed by atoms with van der Waals surface area (Å²) in [6, 6.07) is 8.86. The van der Waals surface area contributed by atoms with Crippen molar-refractivity contribution in [3.63, 3.8) is 0 Å². The van der Waals surface area contributed by atoms with E-state index < -0.39 is 6.10 Å². The lowest BCUT2D eigenvalue weighted by Crippen LogP contribution is -2.32. The number of amides is 2. The van der Waals surface area contributed by atoms with E-state index in [1.165, 1.54) is 24.2 Å². The quantitative estimate of drug-likeness (QED) is 0.728. The van der Waals surface area contributed by atoms with Crippen LogP contribution in [0.5, 0.6) is 5.75 Å². The fourth-order valence-electron chi connectivity index (χ4n) is 2.13. The highest BCUT2D eigenvalue weighted by atomic mass is 32.1. The Morgan fingerprint density at radius 3 is 2.91 bits per heavy atom. The van der Waals surface area contributed by atoms with Crippen LogP contribution in [0.3, 0.4) is 0 Å². The van der Waals surface area contributed by atoms with Crippen LogP contribution in [-0.2, 0) is 0 Å². The molecule has 5 nitrogen and oxygen atoms in total. The number of anilines is 1. The number of para-hydroxylation sites is 2. The Morgan fingerprint density at radius 2 is 2.17 bits per heavy atom. The Labute approximate surface area is 139 Å². The molecule has 1 fully saturated rings. The molecule has 122 valence electrons. The molecule has 1 aromatic heterocycles. The van der Waals surface area contributed by atoms with Crippen molar-refractivity contribution in [2.75, 3.05) is 18.5 Å². The van der Waals surface area contributed by atoms with Crippen molar-refractivity contribution >= 4 is 23.1 Å². The molecule has 23 heavy (non-hydrogen) atoms. The molecule has 6 heteroatoms. The number of benzene rings is 1. The van der Waals surface area contributed by atoms with Gasteiger partial charge in [-0.3, -0.25) is 0 Å². The van der Waals surface area contributed by atoms with Gasteiger partial charge in [0.1, 0.15) is 5.75 Å². The molecule has 0 aliphatic heterocycles. The number of carbonyl (C=O) groups excluding carboxylic acids is 1. The number of aliphatic hydroxyl groups excluding tert-OH is 1. The summed E-state index contributed by atoms with van der Waals surface area (Å²) in [5, 5.41) is 19.2. The Balaban J connectivity index is 1.50. The molecule has 3 N–H and O–H groups in total. The van der Waals surface area contributed by atoms with Crippen molar-refractivity contribution < 1.29 is 14.6 Å². The van der Waals surface area contributed by atoms with E-state index in [-0.39, 0.29) is 12.6 Å². The van der Waals surface area contributed by atoms with E-state index in [1.54, 1.807) is 6.07 Å². The number of aliphatic hydroxyl groups is 1. The van der Waals surface area contributed by atoms with Crippen molar-refractivity contribution in [2.24, 2.45) is 5.92 Å². The monoisotopic (exact) mass is 332 g/mol. The van der Waals surface area contributed by atoms with Crippen molar-refractivity contribution in [1.82, 2.24) is 5.32 Å². The number of urea groups is 1. The third kappa shape index (κ3) is 4.71. The van der Waals surface area contributed by atoms with Crippen molar-refractivity contribution in [2.45, 2.75) is 18.9 Å². The third-order valence-corrected chi connectivity index (χ3v) is 4.39. The first-order chi connectivity index (χ1) is 11.2. The molecule has 2 aromatic rings. The number of carbonyl (C=O) groups is 1. The lowest BCUT2D eigenvalue weighted by molar-refractivity contribution is 0.175. The minimum atomic E-state index is -0.701. The lowest BCUT2D eigenvalue weighted by atomic mass is 10.2. The van der Waals surface area contributed by atoms with Gasteiger partial charge in [0.25, 0.3) is 0 Å². The minimum absolute atomic E-state index is 0.160. The van der Waals surface area contributed by atoms with Gasteiger partial charge in [0.2, 0.25) is 0 Å². The van der Waals surface area contributed by atoms with E-state index in [4.69, 9.17) is 4.74 Å². The molecular formula is C17H20N2O3S. The van der Waals surface area contributed by atoms with Gasteiger partial charge in [-0.2, -0.15) is 11.3 Å². The molecule has 0 radical (unpaired) electrons. The van der Waals surface area contributed by atoms with Crippen LogP contribution in [0.1, 0.15) is 24.5 Å². The predicted octanol–water partition coefficient (Wildman–Crippen LogP) is 3.39. The molecule has 0 saturated heterocycles. The molecule has 2 amide bonds. The van der Waals surface area contributed by atoms with Crippen LogP contribution in [0, 0.1) is 5.92 Å². The second-order valence-corrected chi connectivity index (χ2v) is 6.44. The molecule has 1 aromatic carbocycles. The normalized spacial score (nSPS) is 15.0. The average molecular weight is 332 g/mol. The first-order valence-electron chi connectivity index (χ1n) is 7.69. The van der Waals surface area contributed by atoms with E-state index in [0.717, 1.165) is 5.56 Å². The van der Waals surface area contributed by atoms with Crippen LogP contribution in [0.25, 0.3) is 0 Å². The van der Waals surface area contributed by atoms with Gasteiger partial charge in [-0.1, -0.05) is 12.1 Å². The van der Waals surface area contributed by atoms with Crippen LogP contribution in [-0.4, -0.2) is 24.3 Å². The molecule has 1 heterocycles. The van der Waals surface area contributed by atoms with Gasteiger partial charge in [0, 0.05) is 6.54 Å². The molecule has 1 unspecified atom stereocenters. The molecule has 0 bridgehead atoms. The summed E-state index contributed by atoms with van der Waals surface area (Å²) in [7, 11) is 0. The number of rotatable bonds is 7. The van der Waals surface area contributed by atoms with E-state index in [1.807, 2.05) is 35.0 Å². The van der Waals surface area contributed by atoms with Crippen molar-refractivity contribution in [3.8, 4) is 5.75 Å². The van der Waals surface area contributed by atoms with Crippen molar-refractivity contribution in [1.29, 1.82) is 0 Å². The molecule has 3 rings (SSSR count). The van der Waals surface area contributed by atoms with Crippen LogP contribution >= 0.6 is 11.3 Å². The lowest BCUT2D eigenvalue weighted by Gasteiger charge is -2.14. The molecule has 1 atom stereocenters. The summed E-state index contributed by atoms with van der Waals surface area (Å²) in [6.07, 6.45) is 1.74. The maximum Gasteiger partial charge on any atom is 0.319 e. The highest BCUT2D eigenvalue weighted by Crippen LogP contribution is 2.31. The standard InChI is InChI=1S/C17H20N2O3S/c20-15(13-7-8-23-11-13)9-18-17(21)19-14-3-1-2-4-16(14)22-10-12-5-6-12/h1-4,7-8,11-12,15,20H,5-6,9-10H2,(H2,18,19,21). The van der Waals surface area contributed by atoms with Gasteiger partial charge in [-0.25, -0.2) is 4.79 Å². The summed E-state index contributed by atoms with van der Waals surface area (Å²) in [6.45, 7) is 0.852. The van der Waals surface area contributed by atoms with Gasteiger partial charge in [0.05, 0.1) is 18.4 Å². The van der Waals surface area contributed by atoms with Gasteiger partial charge in [-0.05, 0) is 53.3 Å². The Hall–Kier alpha value is -2.05. The number of ether oxygens (including phenoxy) is 1. The highest BCUT2D eigenvalue weighted by molar-refractivity contribution is 7.07. The topological polar surface area (TPSA) is 70.6 Å². The zero-order valence-electron chi connectivity index (χ0n) is 12.7. The predicted molar refractivity (Wildman–Crippen MR) is 91.0 cm³/mol. The molecular weight excluding hydrogens is 312 g/mol. The molecule has 1 saturated carbocycles. The minimum Gasteiger partial charge on any atom is -0.491 e. The van der Waals surface area contributed by atoms with E-state index >= 15 is 0 Å². The highest BCUT2D eigenvalue weighted by Gasteiger charge is 2.22. The maximum atomic E-state index is 12.0. The largest absolute Gasteiger partial charge is 0.491 e. The number of hydrogen-bond donors (Lipinski definition) is 3. The summed E-state index contributed by atoms with van der Waals surface area (Å²) in [5.74, 6) is 1.32. The van der Waals surface area contributed by atoms with Crippen LogP contribution in [0.2, 0.25) is 0 Å². The van der Waals surface area contributed by atoms with E-state index in [2.05, 4.69) is 10.6 Å².